The number of nitrogens with zero attached hydrogens (tertiary/aromatic N) is 3. The van der Waals surface area contributed by atoms with Crippen molar-refractivity contribution in [3.05, 3.63) is 42.3 Å². The Morgan fingerprint density at radius 2 is 2.10 bits per heavy atom. The van der Waals surface area contributed by atoms with E-state index in [2.05, 4.69) is 21.1 Å². The van der Waals surface area contributed by atoms with E-state index in [-0.39, 0.29) is 29.8 Å². The number of carbonyl (C=O) groups excluding carboxylic acids is 1. The molecule has 1 aliphatic carbocycles. The van der Waals surface area contributed by atoms with Gasteiger partial charge in [-0.25, -0.2) is 17.8 Å². The maximum absolute atomic E-state index is 14.7. The van der Waals surface area contributed by atoms with E-state index < -0.39 is 15.8 Å². The van der Waals surface area contributed by atoms with Gasteiger partial charge in [0.15, 0.2) is 0 Å². The highest BCUT2D eigenvalue weighted by Crippen LogP contribution is 2.34. The molecule has 1 aliphatic rings. The molecule has 0 atom stereocenters. The lowest BCUT2D eigenvalue weighted by molar-refractivity contribution is -0.117. The Morgan fingerprint density at radius 3 is 2.74 bits per heavy atom. The topological polar surface area (TPSA) is 117 Å². The number of halogens is 1. The largest absolute Gasteiger partial charge is 0.319 e. The number of rotatable bonds is 7. The zero-order chi connectivity index (χ0) is 22.2. The van der Waals surface area contributed by atoms with Gasteiger partial charge in [-0.05, 0) is 55.2 Å². The SMILES string of the molecule is CCS(=O)(=O)Nc1ccc(-c2cc(NC(=O)C3CC3)nc3c2ccn3CC#N)cc1F. The second kappa shape index (κ2) is 8.00. The molecule has 2 aromatic heterocycles. The van der Waals surface area contributed by atoms with Gasteiger partial charge < -0.3 is 9.88 Å². The highest BCUT2D eigenvalue weighted by molar-refractivity contribution is 7.92. The van der Waals surface area contributed by atoms with Gasteiger partial charge in [0.25, 0.3) is 0 Å². The van der Waals surface area contributed by atoms with Gasteiger partial charge in [-0.3, -0.25) is 9.52 Å². The monoisotopic (exact) mass is 441 g/mol. The average Bonchev–Trinajstić information content (AvgIpc) is 3.52. The zero-order valence-electron chi connectivity index (χ0n) is 16.7. The summed E-state index contributed by atoms with van der Waals surface area (Å²) in [5.74, 6) is -0.717. The molecule has 1 saturated carbocycles. The van der Waals surface area contributed by atoms with Gasteiger partial charge in [-0.1, -0.05) is 6.07 Å². The predicted octanol–water partition coefficient (Wildman–Crippen LogP) is 3.48. The molecule has 4 rings (SSSR count). The first-order valence-electron chi connectivity index (χ1n) is 9.79. The third kappa shape index (κ3) is 4.36. The Hall–Kier alpha value is -3.45. The van der Waals surface area contributed by atoms with Gasteiger partial charge >= 0.3 is 0 Å². The van der Waals surface area contributed by atoms with E-state index in [4.69, 9.17) is 5.26 Å². The van der Waals surface area contributed by atoms with Crippen LogP contribution in [-0.2, 0) is 21.4 Å². The number of hydrogen-bond acceptors (Lipinski definition) is 5. The summed E-state index contributed by atoms with van der Waals surface area (Å²) in [6, 6.07) is 9.68. The lowest BCUT2D eigenvalue weighted by Crippen LogP contribution is -2.15. The van der Waals surface area contributed by atoms with Crippen molar-refractivity contribution in [3.63, 3.8) is 0 Å². The first-order chi connectivity index (χ1) is 14.8. The van der Waals surface area contributed by atoms with Gasteiger partial charge in [0.05, 0.1) is 17.5 Å². The summed E-state index contributed by atoms with van der Waals surface area (Å²) < 4.78 is 42.1. The van der Waals surface area contributed by atoms with Crippen LogP contribution in [0, 0.1) is 23.1 Å². The molecule has 2 heterocycles. The highest BCUT2D eigenvalue weighted by Gasteiger charge is 2.30. The van der Waals surface area contributed by atoms with Crippen LogP contribution in [0.3, 0.4) is 0 Å². The summed E-state index contributed by atoms with van der Waals surface area (Å²) in [7, 11) is -3.61. The van der Waals surface area contributed by atoms with Crippen LogP contribution in [0.5, 0.6) is 0 Å². The molecule has 1 amide bonds. The van der Waals surface area contributed by atoms with Crippen LogP contribution >= 0.6 is 0 Å². The second-order valence-electron chi connectivity index (χ2n) is 7.36. The van der Waals surface area contributed by atoms with E-state index in [9.17, 15) is 17.6 Å². The van der Waals surface area contributed by atoms with E-state index in [1.165, 1.54) is 19.1 Å². The lowest BCUT2D eigenvalue weighted by atomic mass is 10.0. The predicted molar refractivity (Wildman–Crippen MR) is 115 cm³/mol. The molecule has 31 heavy (non-hydrogen) atoms. The lowest BCUT2D eigenvalue weighted by Gasteiger charge is -2.12. The minimum Gasteiger partial charge on any atom is -0.319 e. The molecule has 10 heteroatoms. The van der Waals surface area contributed by atoms with E-state index in [0.29, 0.717) is 28.0 Å². The fourth-order valence-electron chi connectivity index (χ4n) is 3.25. The number of pyridine rings is 1. The van der Waals surface area contributed by atoms with Crippen molar-refractivity contribution in [1.29, 1.82) is 5.26 Å². The Bertz CT molecular complexity index is 1320. The van der Waals surface area contributed by atoms with Crippen molar-refractivity contribution in [2.24, 2.45) is 5.92 Å². The van der Waals surface area contributed by atoms with Gasteiger partial charge in [-0.15, -0.1) is 0 Å². The minimum atomic E-state index is -3.61. The molecule has 1 aromatic carbocycles. The smallest absolute Gasteiger partial charge is 0.232 e. The quantitative estimate of drug-likeness (QED) is 0.582. The first-order valence-corrected chi connectivity index (χ1v) is 11.4. The number of nitrogens with one attached hydrogen (secondary N) is 2. The molecule has 0 aliphatic heterocycles. The van der Waals surface area contributed by atoms with Gasteiger partial charge in [-0.2, -0.15) is 5.26 Å². The Labute approximate surface area is 178 Å². The average molecular weight is 441 g/mol. The zero-order valence-corrected chi connectivity index (χ0v) is 17.5. The number of nitriles is 1. The Morgan fingerprint density at radius 1 is 1.32 bits per heavy atom. The Balaban J connectivity index is 1.79. The molecule has 0 radical (unpaired) electrons. The van der Waals surface area contributed by atoms with Crippen LogP contribution < -0.4 is 10.0 Å². The normalized spacial score (nSPS) is 13.7. The van der Waals surface area contributed by atoms with Crippen LogP contribution in [0.2, 0.25) is 0 Å². The number of carbonyl (C=O) groups is 1. The number of amides is 1. The van der Waals surface area contributed by atoms with Crippen molar-refractivity contribution < 1.29 is 17.6 Å². The fourth-order valence-corrected chi connectivity index (χ4v) is 3.89. The van der Waals surface area contributed by atoms with Crippen LogP contribution in [0.4, 0.5) is 15.9 Å². The second-order valence-corrected chi connectivity index (χ2v) is 9.37. The fraction of sp³-hybridized carbons (Fsp3) is 0.286. The molecular weight excluding hydrogens is 421 g/mol. The number of anilines is 2. The number of aromatic nitrogens is 2. The van der Waals surface area contributed by atoms with Gasteiger partial charge in [0, 0.05) is 17.5 Å². The van der Waals surface area contributed by atoms with E-state index >= 15 is 0 Å². The first kappa shape index (κ1) is 20.8. The standard InChI is InChI=1S/C21H20FN5O3S/c1-2-31(29,30)26-18-6-5-14(11-17(18)22)16-12-19(25-21(28)13-3-4-13)24-20-15(16)7-9-27(20)10-8-23/h5-7,9,11-13,26H,2-4,10H2,1H3,(H,24,25,28). The summed E-state index contributed by atoms with van der Waals surface area (Å²) in [5.41, 5.74) is 1.44. The Kier molecular flexibility index (Phi) is 5.37. The van der Waals surface area contributed by atoms with E-state index in [1.807, 2.05) is 0 Å². The maximum Gasteiger partial charge on any atom is 0.232 e. The summed E-state index contributed by atoms with van der Waals surface area (Å²) in [6.07, 6.45) is 3.38. The molecule has 2 N–H and O–H groups in total. The summed E-state index contributed by atoms with van der Waals surface area (Å²) >= 11 is 0. The van der Waals surface area contributed by atoms with Crippen molar-refractivity contribution in [2.75, 3.05) is 15.8 Å². The number of hydrogen-bond donors (Lipinski definition) is 2. The van der Waals surface area contributed by atoms with E-state index in [0.717, 1.165) is 12.8 Å². The summed E-state index contributed by atoms with van der Waals surface area (Å²) in [5, 5.41) is 12.6. The molecule has 3 aromatic rings. The number of fused-ring (bicyclic) bond motifs is 1. The van der Waals surface area contributed by atoms with Crippen LogP contribution in [0.1, 0.15) is 19.8 Å². The van der Waals surface area contributed by atoms with E-state index in [1.54, 1.807) is 29.0 Å². The number of sulfonamides is 1. The van der Waals surface area contributed by atoms with Crippen molar-refractivity contribution in [2.45, 2.75) is 26.3 Å². The molecule has 0 unspecified atom stereocenters. The van der Waals surface area contributed by atoms with Gasteiger partial charge in [0.1, 0.15) is 23.8 Å². The van der Waals surface area contributed by atoms with Crippen molar-refractivity contribution in [3.8, 4) is 17.2 Å². The van der Waals surface area contributed by atoms with Crippen molar-refractivity contribution in [1.82, 2.24) is 9.55 Å². The molecule has 8 nitrogen and oxygen atoms in total. The molecule has 0 saturated heterocycles. The third-order valence-corrected chi connectivity index (χ3v) is 6.39. The van der Waals surface area contributed by atoms with Gasteiger partial charge in [0.2, 0.25) is 15.9 Å². The molecular formula is C21H20FN5O3S. The minimum absolute atomic E-state index is 0.0184. The van der Waals surface area contributed by atoms with Crippen LogP contribution in [-0.4, -0.2) is 29.6 Å². The molecule has 0 bridgehead atoms. The van der Waals surface area contributed by atoms with Crippen LogP contribution in [0.25, 0.3) is 22.2 Å². The maximum atomic E-state index is 14.7. The van der Waals surface area contributed by atoms with Crippen LogP contribution in [0.15, 0.2) is 36.5 Å². The molecule has 0 spiro atoms. The summed E-state index contributed by atoms with van der Waals surface area (Å²) in [4.78, 5) is 16.7. The summed E-state index contributed by atoms with van der Waals surface area (Å²) in [6.45, 7) is 1.54. The number of benzene rings is 1. The molecule has 160 valence electrons. The highest BCUT2D eigenvalue weighted by atomic mass is 32.2. The van der Waals surface area contributed by atoms with Crippen molar-refractivity contribution >= 4 is 38.5 Å². The third-order valence-electron chi connectivity index (χ3n) is 5.10. The molecule has 1 fully saturated rings.